The minimum Gasteiger partial charge on any atom is -0.438 e. The van der Waals surface area contributed by atoms with Crippen molar-refractivity contribution in [3.05, 3.63) is 74.7 Å². The van der Waals surface area contributed by atoms with E-state index >= 15 is 0 Å². The van der Waals surface area contributed by atoms with Crippen LogP contribution in [0, 0.1) is 18.3 Å². The van der Waals surface area contributed by atoms with E-state index in [1.165, 1.54) is 10.5 Å². The van der Waals surface area contributed by atoms with Crippen LogP contribution in [0.25, 0.3) is 11.7 Å². The van der Waals surface area contributed by atoms with Crippen molar-refractivity contribution in [2.45, 2.75) is 13.3 Å². The molecule has 0 aliphatic rings. The number of amides is 1. The molecule has 0 saturated heterocycles. The van der Waals surface area contributed by atoms with Gasteiger partial charge in [0.2, 0.25) is 5.88 Å². The molecule has 0 bridgehead atoms. The van der Waals surface area contributed by atoms with Crippen molar-refractivity contribution in [2.75, 3.05) is 20.3 Å². The molecule has 1 N–H and O–H groups in total. The predicted molar refractivity (Wildman–Crippen MR) is 121 cm³/mol. The monoisotopic (exact) mass is 452 g/mol. The van der Waals surface area contributed by atoms with Gasteiger partial charge in [0.25, 0.3) is 11.5 Å². The van der Waals surface area contributed by atoms with Gasteiger partial charge < -0.3 is 14.8 Å². The van der Waals surface area contributed by atoms with Crippen LogP contribution < -0.4 is 15.6 Å². The first-order valence-corrected chi connectivity index (χ1v) is 10.2. The lowest BCUT2D eigenvalue weighted by Crippen LogP contribution is -2.27. The Balaban J connectivity index is 2.06. The van der Waals surface area contributed by atoms with Gasteiger partial charge in [-0.05, 0) is 55.3 Å². The van der Waals surface area contributed by atoms with E-state index in [9.17, 15) is 14.9 Å². The number of rotatable bonds is 8. The Labute approximate surface area is 189 Å². The number of carbonyl (C=O) groups excluding carboxylic acids is 1. The summed E-state index contributed by atoms with van der Waals surface area (Å²) in [4.78, 5) is 30.0. The molecule has 0 aliphatic heterocycles. The molecule has 0 atom stereocenters. The van der Waals surface area contributed by atoms with Crippen LogP contribution in [-0.4, -0.2) is 35.6 Å². The number of pyridine rings is 1. The van der Waals surface area contributed by atoms with E-state index in [4.69, 9.17) is 21.1 Å². The Hall–Kier alpha value is -3.67. The standard InChI is InChI=1S/C23H21ClN4O4/c1-15-12-17(7-8-19(15)24)32-22-18(23(30)28-10-4-3-6-20(28)27-22)13-16(14-25)21(29)26-9-5-11-31-2/h3-4,6-8,10,12-13H,5,9,11H2,1-2H3,(H,26,29). The molecule has 3 aromatic rings. The van der Waals surface area contributed by atoms with E-state index in [1.807, 2.05) is 13.0 Å². The first-order valence-electron chi connectivity index (χ1n) is 9.79. The second kappa shape index (κ2) is 10.6. The van der Waals surface area contributed by atoms with E-state index in [2.05, 4.69) is 10.3 Å². The molecule has 0 radical (unpaired) electrons. The Morgan fingerprint density at radius 2 is 2.16 bits per heavy atom. The molecular weight excluding hydrogens is 432 g/mol. The van der Waals surface area contributed by atoms with Gasteiger partial charge in [-0.25, -0.2) is 0 Å². The maximum Gasteiger partial charge on any atom is 0.269 e. The second-order valence-corrected chi connectivity index (χ2v) is 7.26. The van der Waals surface area contributed by atoms with Crippen molar-refractivity contribution in [1.82, 2.24) is 14.7 Å². The number of methoxy groups -OCH3 is 1. The van der Waals surface area contributed by atoms with Crippen LogP contribution in [0.2, 0.25) is 5.02 Å². The predicted octanol–water partition coefficient (Wildman–Crippen LogP) is 3.51. The SMILES string of the molecule is COCCCNC(=O)C(C#N)=Cc1c(Oc2ccc(Cl)c(C)c2)nc2ccccn2c1=O. The fourth-order valence-electron chi connectivity index (χ4n) is 2.88. The van der Waals surface area contributed by atoms with Gasteiger partial charge in [-0.1, -0.05) is 17.7 Å². The van der Waals surface area contributed by atoms with Crippen molar-refractivity contribution < 1.29 is 14.3 Å². The number of fused-ring (bicyclic) bond motifs is 1. The highest BCUT2D eigenvalue weighted by molar-refractivity contribution is 6.31. The molecule has 3 rings (SSSR count). The van der Waals surface area contributed by atoms with Gasteiger partial charge in [0, 0.05) is 31.5 Å². The fraction of sp³-hybridized carbons (Fsp3) is 0.217. The van der Waals surface area contributed by atoms with E-state index in [-0.39, 0.29) is 17.0 Å². The summed E-state index contributed by atoms with van der Waals surface area (Å²) in [7, 11) is 1.56. The minimum atomic E-state index is -0.602. The first kappa shape index (κ1) is 23.0. The number of nitrogens with one attached hydrogen (secondary N) is 1. The first-order chi connectivity index (χ1) is 15.4. The van der Waals surface area contributed by atoms with Gasteiger partial charge in [-0.15, -0.1) is 0 Å². The molecule has 9 heteroatoms. The molecule has 32 heavy (non-hydrogen) atoms. The smallest absolute Gasteiger partial charge is 0.269 e. The van der Waals surface area contributed by atoms with Crippen LogP contribution in [-0.2, 0) is 9.53 Å². The number of hydrogen-bond donors (Lipinski definition) is 1. The zero-order valence-electron chi connectivity index (χ0n) is 17.6. The van der Waals surface area contributed by atoms with Crippen molar-refractivity contribution in [3.8, 4) is 17.7 Å². The average Bonchev–Trinajstić information content (AvgIpc) is 2.79. The van der Waals surface area contributed by atoms with Gasteiger partial charge in [-0.2, -0.15) is 10.2 Å². The molecular formula is C23H21ClN4O4. The summed E-state index contributed by atoms with van der Waals surface area (Å²) >= 11 is 6.08. The number of carbonyl (C=O) groups is 1. The molecule has 0 aliphatic carbocycles. The summed E-state index contributed by atoms with van der Waals surface area (Å²) in [5, 5.41) is 12.7. The van der Waals surface area contributed by atoms with Crippen molar-refractivity contribution >= 4 is 29.2 Å². The Bertz CT molecular complexity index is 1280. The number of aryl methyl sites for hydroxylation is 1. The number of aromatic nitrogens is 2. The number of benzene rings is 1. The summed E-state index contributed by atoms with van der Waals surface area (Å²) < 4.78 is 12.1. The minimum absolute atomic E-state index is 0.0232. The maximum atomic E-state index is 13.2. The summed E-state index contributed by atoms with van der Waals surface area (Å²) in [5.41, 5.74) is 0.403. The molecule has 2 aromatic heterocycles. The van der Waals surface area contributed by atoms with Gasteiger partial charge in [0.15, 0.2) is 0 Å². The second-order valence-electron chi connectivity index (χ2n) is 6.85. The molecule has 0 unspecified atom stereocenters. The molecule has 0 spiro atoms. The Kier molecular flexibility index (Phi) is 7.60. The van der Waals surface area contributed by atoms with Crippen molar-refractivity contribution in [1.29, 1.82) is 5.26 Å². The molecule has 0 fully saturated rings. The highest BCUT2D eigenvalue weighted by atomic mass is 35.5. The lowest BCUT2D eigenvalue weighted by molar-refractivity contribution is -0.117. The van der Waals surface area contributed by atoms with Crippen LogP contribution in [0.5, 0.6) is 11.6 Å². The molecule has 2 heterocycles. The van der Waals surface area contributed by atoms with Gasteiger partial charge in [-0.3, -0.25) is 14.0 Å². The highest BCUT2D eigenvalue weighted by Gasteiger charge is 2.17. The highest BCUT2D eigenvalue weighted by Crippen LogP contribution is 2.27. The van der Waals surface area contributed by atoms with Crippen LogP contribution in [0.4, 0.5) is 0 Å². The normalized spacial score (nSPS) is 11.2. The third-order valence-corrected chi connectivity index (χ3v) is 4.97. The average molecular weight is 453 g/mol. The third kappa shape index (κ3) is 5.32. The lowest BCUT2D eigenvalue weighted by Gasteiger charge is -2.11. The van der Waals surface area contributed by atoms with Gasteiger partial charge in [0.05, 0.1) is 0 Å². The summed E-state index contributed by atoms with van der Waals surface area (Å²) in [6.45, 7) is 2.62. The number of halogens is 1. The number of ether oxygens (including phenoxy) is 2. The quantitative estimate of drug-likeness (QED) is 0.318. The van der Waals surface area contributed by atoms with Crippen LogP contribution in [0.3, 0.4) is 0 Å². The number of nitriles is 1. The van der Waals surface area contributed by atoms with Crippen molar-refractivity contribution in [2.24, 2.45) is 0 Å². The molecule has 0 saturated carbocycles. The van der Waals surface area contributed by atoms with E-state index in [0.29, 0.717) is 36.0 Å². The number of hydrogen-bond acceptors (Lipinski definition) is 6. The van der Waals surface area contributed by atoms with E-state index < -0.39 is 11.5 Å². The molecule has 1 amide bonds. The lowest BCUT2D eigenvalue weighted by atomic mass is 10.1. The Morgan fingerprint density at radius 1 is 1.34 bits per heavy atom. The van der Waals surface area contributed by atoms with Gasteiger partial charge in [0.1, 0.15) is 28.6 Å². The molecule has 164 valence electrons. The zero-order chi connectivity index (χ0) is 23.1. The largest absolute Gasteiger partial charge is 0.438 e. The topological polar surface area (TPSA) is 106 Å². The van der Waals surface area contributed by atoms with E-state index in [0.717, 1.165) is 5.56 Å². The number of nitrogens with zero attached hydrogens (tertiary/aromatic N) is 3. The summed E-state index contributed by atoms with van der Waals surface area (Å²) in [6.07, 6.45) is 3.33. The molecule has 8 nitrogen and oxygen atoms in total. The van der Waals surface area contributed by atoms with Crippen molar-refractivity contribution in [3.63, 3.8) is 0 Å². The summed E-state index contributed by atoms with van der Waals surface area (Å²) in [5.74, 6) is -0.214. The van der Waals surface area contributed by atoms with Gasteiger partial charge >= 0.3 is 0 Å². The van der Waals surface area contributed by atoms with Crippen LogP contribution >= 0.6 is 11.6 Å². The van der Waals surface area contributed by atoms with Crippen LogP contribution in [0.1, 0.15) is 17.5 Å². The van der Waals surface area contributed by atoms with Crippen LogP contribution in [0.15, 0.2) is 53.0 Å². The maximum absolute atomic E-state index is 13.2. The fourth-order valence-corrected chi connectivity index (χ4v) is 3.00. The molecule has 1 aromatic carbocycles. The zero-order valence-corrected chi connectivity index (χ0v) is 18.3. The summed E-state index contributed by atoms with van der Waals surface area (Å²) in [6, 6.07) is 11.9. The van der Waals surface area contributed by atoms with E-state index in [1.54, 1.807) is 49.7 Å². The third-order valence-electron chi connectivity index (χ3n) is 4.54. The Morgan fingerprint density at radius 3 is 2.88 bits per heavy atom.